The number of amides is 1. The van der Waals surface area contributed by atoms with Crippen molar-refractivity contribution in [3.63, 3.8) is 0 Å². The zero-order valence-electron chi connectivity index (χ0n) is 15.8. The molecule has 3 aromatic rings. The lowest BCUT2D eigenvalue weighted by Crippen LogP contribution is -2.22. The molecule has 0 saturated heterocycles. The Hall–Kier alpha value is -3.03. The van der Waals surface area contributed by atoms with Crippen molar-refractivity contribution >= 4 is 5.91 Å². The third kappa shape index (κ3) is 5.22. The predicted molar refractivity (Wildman–Crippen MR) is 99.1 cm³/mol. The fraction of sp³-hybridized carbons (Fsp3) is 0.421. The van der Waals surface area contributed by atoms with Gasteiger partial charge in [0.1, 0.15) is 12.7 Å². The number of hydrogen-bond donors (Lipinski definition) is 1. The van der Waals surface area contributed by atoms with E-state index in [1.165, 1.54) is 6.33 Å². The second kappa shape index (κ2) is 8.11. The SMILES string of the molecule is CC(C)(C)c1noc(CCCC(=O)NCc2ccc(-n3cncn3)cc2)n1. The lowest BCUT2D eigenvalue weighted by atomic mass is 9.96. The molecule has 0 unspecified atom stereocenters. The molecule has 0 spiro atoms. The van der Waals surface area contributed by atoms with E-state index in [1.807, 2.05) is 45.0 Å². The molecule has 8 heteroatoms. The van der Waals surface area contributed by atoms with Gasteiger partial charge in [-0.15, -0.1) is 0 Å². The number of aromatic nitrogens is 5. The maximum atomic E-state index is 12.0. The average molecular weight is 368 g/mol. The predicted octanol–water partition coefficient (Wildman–Crippen LogP) is 2.59. The smallest absolute Gasteiger partial charge is 0.226 e. The molecule has 0 aliphatic rings. The van der Waals surface area contributed by atoms with E-state index in [4.69, 9.17) is 4.52 Å². The van der Waals surface area contributed by atoms with Crippen LogP contribution >= 0.6 is 0 Å². The summed E-state index contributed by atoms with van der Waals surface area (Å²) >= 11 is 0. The molecule has 2 heterocycles. The van der Waals surface area contributed by atoms with Crippen LogP contribution in [-0.2, 0) is 23.2 Å². The van der Waals surface area contributed by atoms with Crippen molar-refractivity contribution in [3.8, 4) is 5.69 Å². The van der Waals surface area contributed by atoms with Crippen molar-refractivity contribution < 1.29 is 9.32 Å². The summed E-state index contributed by atoms with van der Waals surface area (Å²) < 4.78 is 6.93. The van der Waals surface area contributed by atoms with Crippen LogP contribution in [-0.4, -0.2) is 30.8 Å². The third-order valence-electron chi connectivity index (χ3n) is 4.04. The van der Waals surface area contributed by atoms with E-state index >= 15 is 0 Å². The summed E-state index contributed by atoms with van der Waals surface area (Å²) in [5, 5.41) is 11.0. The molecule has 0 aliphatic heterocycles. The van der Waals surface area contributed by atoms with Crippen LogP contribution in [0, 0.1) is 0 Å². The Kier molecular flexibility index (Phi) is 5.63. The first kappa shape index (κ1) is 18.8. The summed E-state index contributed by atoms with van der Waals surface area (Å²) in [4.78, 5) is 20.3. The van der Waals surface area contributed by atoms with E-state index in [9.17, 15) is 4.79 Å². The molecular formula is C19H24N6O2. The van der Waals surface area contributed by atoms with Crippen LogP contribution in [0.5, 0.6) is 0 Å². The highest BCUT2D eigenvalue weighted by molar-refractivity contribution is 5.75. The fourth-order valence-electron chi connectivity index (χ4n) is 2.46. The Morgan fingerprint density at radius 1 is 1.22 bits per heavy atom. The summed E-state index contributed by atoms with van der Waals surface area (Å²) in [7, 11) is 0. The van der Waals surface area contributed by atoms with Crippen LogP contribution in [0.15, 0.2) is 41.4 Å². The number of nitrogens with zero attached hydrogens (tertiary/aromatic N) is 5. The average Bonchev–Trinajstić information content (AvgIpc) is 3.32. The number of carbonyl (C=O) groups is 1. The van der Waals surface area contributed by atoms with Gasteiger partial charge in [-0.3, -0.25) is 4.79 Å². The Bertz CT molecular complexity index is 862. The Morgan fingerprint density at radius 3 is 2.63 bits per heavy atom. The molecule has 1 amide bonds. The molecule has 3 rings (SSSR count). The minimum Gasteiger partial charge on any atom is -0.352 e. The first-order valence-electron chi connectivity index (χ1n) is 8.95. The van der Waals surface area contributed by atoms with E-state index in [0.29, 0.717) is 37.5 Å². The molecule has 142 valence electrons. The van der Waals surface area contributed by atoms with Gasteiger partial charge in [-0.05, 0) is 24.1 Å². The second-order valence-corrected chi connectivity index (χ2v) is 7.40. The van der Waals surface area contributed by atoms with Gasteiger partial charge in [0.05, 0.1) is 5.69 Å². The van der Waals surface area contributed by atoms with Crippen LogP contribution in [0.3, 0.4) is 0 Å². The number of rotatable bonds is 7. The van der Waals surface area contributed by atoms with Crippen molar-refractivity contribution in [2.24, 2.45) is 0 Å². The zero-order chi connectivity index (χ0) is 19.3. The molecule has 27 heavy (non-hydrogen) atoms. The van der Waals surface area contributed by atoms with Crippen LogP contribution in [0.25, 0.3) is 5.69 Å². The molecule has 0 atom stereocenters. The zero-order valence-corrected chi connectivity index (χ0v) is 15.8. The van der Waals surface area contributed by atoms with Crippen LogP contribution in [0.4, 0.5) is 0 Å². The van der Waals surface area contributed by atoms with Crippen LogP contribution < -0.4 is 5.32 Å². The number of nitrogens with one attached hydrogen (secondary N) is 1. The molecule has 0 aliphatic carbocycles. The van der Waals surface area contributed by atoms with Gasteiger partial charge in [-0.1, -0.05) is 38.1 Å². The fourth-order valence-corrected chi connectivity index (χ4v) is 2.46. The first-order chi connectivity index (χ1) is 12.9. The van der Waals surface area contributed by atoms with E-state index in [2.05, 4.69) is 25.5 Å². The highest BCUT2D eigenvalue weighted by Crippen LogP contribution is 2.18. The minimum atomic E-state index is -0.136. The van der Waals surface area contributed by atoms with Gasteiger partial charge in [0.15, 0.2) is 5.82 Å². The van der Waals surface area contributed by atoms with Crippen molar-refractivity contribution in [2.45, 2.75) is 52.0 Å². The molecule has 8 nitrogen and oxygen atoms in total. The molecule has 0 bridgehead atoms. The van der Waals surface area contributed by atoms with Crippen LogP contribution in [0.1, 0.15) is 50.9 Å². The Balaban J connectivity index is 1.40. The van der Waals surface area contributed by atoms with E-state index in [0.717, 1.165) is 11.3 Å². The minimum absolute atomic E-state index is 0.00547. The number of carbonyl (C=O) groups excluding carboxylic acids is 1. The van der Waals surface area contributed by atoms with Crippen molar-refractivity contribution in [1.82, 2.24) is 30.2 Å². The Morgan fingerprint density at radius 2 is 2.00 bits per heavy atom. The molecule has 0 saturated carbocycles. The van der Waals surface area contributed by atoms with E-state index in [-0.39, 0.29) is 11.3 Å². The number of aryl methyl sites for hydroxylation is 1. The van der Waals surface area contributed by atoms with Gasteiger partial charge in [0.25, 0.3) is 0 Å². The number of benzene rings is 1. The maximum Gasteiger partial charge on any atom is 0.226 e. The van der Waals surface area contributed by atoms with E-state index in [1.54, 1.807) is 11.0 Å². The molecular weight excluding hydrogens is 344 g/mol. The van der Waals surface area contributed by atoms with Gasteiger partial charge < -0.3 is 9.84 Å². The summed E-state index contributed by atoms with van der Waals surface area (Å²) in [6.07, 6.45) is 4.83. The summed E-state index contributed by atoms with van der Waals surface area (Å²) in [6.45, 7) is 6.60. The van der Waals surface area contributed by atoms with Gasteiger partial charge >= 0.3 is 0 Å². The van der Waals surface area contributed by atoms with E-state index < -0.39 is 0 Å². The van der Waals surface area contributed by atoms with Gasteiger partial charge in [0, 0.05) is 24.8 Å². The molecule has 0 fully saturated rings. The lowest BCUT2D eigenvalue weighted by molar-refractivity contribution is -0.121. The topological polar surface area (TPSA) is 98.7 Å². The lowest BCUT2D eigenvalue weighted by Gasteiger charge is -2.10. The van der Waals surface area contributed by atoms with Crippen LogP contribution in [0.2, 0.25) is 0 Å². The third-order valence-corrected chi connectivity index (χ3v) is 4.04. The van der Waals surface area contributed by atoms with Crippen molar-refractivity contribution in [2.75, 3.05) is 0 Å². The molecule has 1 N–H and O–H groups in total. The van der Waals surface area contributed by atoms with Gasteiger partial charge in [0.2, 0.25) is 11.8 Å². The van der Waals surface area contributed by atoms with Gasteiger partial charge in [-0.25, -0.2) is 9.67 Å². The summed E-state index contributed by atoms with van der Waals surface area (Å²) in [5.74, 6) is 1.28. The summed E-state index contributed by atoms with van der Waals surface area (Å²) in [5.41, 5.74) is 1.82. The highest BCUT2D eigenvalue weighted by atomic mass is 16.5. The van der Waals surface area contributed by atoms with Gasteiger partial charge in [-0.2, -0.15) is 10.1 Å². The van der Waals surface area contributed by atoms with Crippen molar-refractivity contribution in [1.29, 1.82) is 0 Å². The molecule has 1 aromatic carbocycles. The molecule has 2 aromatic heterocycles. The normalized spacial score (nSPS) is 11.5. The standard InChI is InChI=1S/C19H24N6O2/c1-19(2,3)18-23-17(27-24-18)6-4-5-16(26)21-11-14-7-9-15(10-8-14)25-13-20-12-22-25/h7-10,12-13H,4-6,11H2,1-3H3,(H,21,26). The number of hydrogen-bond acceptors (Lipinski definition) is 6. The van der Waals surface area contributed by atoms with Crippen molar-refractivity contribution in [3.05, 3.63) is 54.2 Å². The largest absolute Gasteiger partial charge is 0.352 e. The summed E-state index contributed by atoms with van der Waals surface area (Å²) in [6, 6.07) is 7.81. The highest BCUT2D eigenvalue weighted by Gasteiger charge is 2.20. The quantitative estimate of drug-likeness (QED) is 0.688. The first-order valence-corrected chi connectivity index (χ1v) is 8.95. The second-order valence-electron chi connectivity index (χ2n) is 7.40. The maximum absolute atomic E-state index is 12.0. The monoisotopic (exact) mass is 368 g/mol. The Labute approximate surface area is 158 Å². The molecule has 0 radical (unpaired) electrons.